The standard InChI is InChI=1S/C11H22N2O2S/c12-10-2-1-9(7-10)8-13-11-3-5-16(14,15)6-4-11/h9-11,13H,1-8,12H2. The molecular weight excluding hydrogens is 224 g/mol. The number of nitrogens with one attached hydrogen (secondary N) is 1. The van der Waals surface area contributed by atoms with Crippen LogP contribution in [0.5, 0.6) is 0 Å². The quantitative estimate of drug-likeness (QED) is 0.750. The summed E-state index contributed by atoms with van der Waals surface area (Å²) in [5, 5.41) is 3.50. The molecule has 16 heavy (non-hydrogen) atoms. The van der Waals surface area contributed by atoms with Crippen molar-refractivity contribution in [1.29, 1.82) is 0 Å². The molecule has 94 valence electrons. The average molecular weight is 246 g/mol. The largest absolute Gasteiger partial charge is 0.328 e. The van der Waals surface area contributed by atoms with Crippen molar-refractivity contribution in [3.05, 3.63) is 0 Å². The first kappa shape index (κ1) is 12.3. The minimum absolute atomic E-state index is 0.356. The maximum absolute atomic E-state index is 11.3. The molecule has 0 aromatic rings. The van der Waals surface area contributed by atoms with E-state index in [1.54, 1.807) is 0 Å². The fourth-order valence-corrected chi connectivity index (χ4v) is 4.22. The molecule has 3 N–H and O–H groups in total. The van der Waals surface area contributed by atoms with Gasteiger partial charge >= 0.3 is 0 Å². The lowest BCUT2D eigenvalue weighted by molar-refractivity contribution is 0.405. The zero-order chi connectivity index (χ0) is 11.6. The lowest BCUT2D eigenvalue weighted by atomic mass is 10.1. The van der Waals surface area contributed by atoms with Gasteiger partial charge in [0.15, 0.2) is 0 Å². The molecule has 0 bridgehead atoms. The second kappa shape index (κ2) is 5.02. The summed E-state index contributed by atoms with van der Waals surface area (Å²) in [6.45, 7) is 1.01. The minimum Gasteiger partial charge on any atom is -0.328 e. The molecule has 2 atom stereocenters. The van der Waals surface area contributed by atoms with Gasteiger partial charge in [0.1, 0.15) is 9.84 Å². The highest BCUT2D eigenvalue weighted by Crippen LogP contribution is 2.23. The predicted octanol–water partition coefficient (Wildman–Crippen LogP) is 0.281. The first-order valence-electron chi connectivity index (χ1n) is 6.24. The zero-order valence-electron chi connectivity index (χ0n) is 9.69. The highest BCUT2D eigenvalue weighted by Gasteiger charge is 2.26. The van der Waals surface area contributed by atoms with Crippen LogP contribution in [0.3, 0.4) is 0 Å². The van der Waals surface area contributed by atoms with Crippen molar-refractivity contribution in [3.8, 4) is 0 Å². The summed E-state index contributed by atoms with van der Waals surface area (Å²) in [7, 11) is -2.72. The second-order valence-electron chi connectivity index (χ2n) is 5.27. The summed E-state index contributed by atoms with van der Waals surface area (Å²) >= 11 is 0. The van der Waals surface area contributed by atoms with E-state index >= 15 is 0 Å². The Morgan fingerprint density at radius 3 is 2.38 bits per heavy atom. The fourth-order valence-electron chi connectivity index (χ4n) is 2.73. The van der Waals surface area contributed by atoms with Crippen LogP contribution in [-0.4, -0.2) is 38.6 Å². The van der Waals surface area contributed by atoms with Crippen molar-refractivity contribution in [1.82, 2.24) is 5.32 Å². The third-order valence-electron chi connectivity index (χ3n) is 3.83. The molecule has 0 aromatic carbocycles. The van der Waals surface area contributed by atoms with E-state index in [1.165, 1.54) is 6.42 Å². The molecule has 0 amide bonds. The lowest BCUT2D eigenvalue weighted by Crippen LogP contribution is -2.39. The molecule has 0 radical (unpaired) electrons. The van der Waals surface area contributed by atoms with Gasteiger partial charge in [0.05, 0.1) is 11.5 Å². The van der Waals surface area contributed by atoms with Gasteiger partial charge in [-0.1, -0.05) is 0 Å². The molecular formula is C11H22N2O2S. The zero-order valence-corrected chi connectivity index (χ0v) is 10.5. The van der Waals surface area contributed by atoms with Crippen molar-refractivity contribution in [2.24, 2.45) is 11.7 Å². The summed E-state index contributed by atoms with van der Waals surface area (Å²) in [6.07, 6.45) is 5.05. The Balaban J connectivity index is 1.68. The highest BCUT2D eigenvalue weighted by molar-refractivity contribution is 7.91. The van der Waals surface area contributed by atoms with Crippen LogP contribution in [0.25, 0.3) is 0 Å². The Labute approximate surface area is 97.9 Å². The normalized spacial score (nSPS) is 35.3. The highest BCUT2D eigenvalue weighted by atomic mass is 32.2. The van der Waals surface area contributed by atoms with E-state index in [2.05, 4.69) is 5.32 Å². The SMILES string of the molecule is NC1CCC(CNC2CCS(=O)(=O)CC2)C1. The molecule has 1 saturated heterocycles. The molecule has 0 spiro atoms. The Kier molecular flexibility index (Phi) is 3.87. The van der Waals surface area contributed by atoms with Gasteiger partial charge in [-0.2, -0.15) is 0 Å². The van der Waals surface area contributed by atoms with Gasteiger partial charge in [-0.25, -0.2) is 8.42 Å². The smallest absolute Gasteiger partial charge is 0.150 e. The number of rotatable bonds is 3. The van der Waals surface area contributed by atoms with E-state index < -0.39 is 9.84 Å². The van der Waals surface area contributed by atoms with Crippen LogP contribution in [0, 0.1) is 5.92 Å². The van der Waals surface area contributed by atoms with E-state index in [9.17, 15) is 8.42 Å². The molecule has 1 heterocycles. The number of hydrogen-bond donors (Lipinski definition) is 2. The number of sulfone groups is 1. The summed E-state index contributed by atoms with van der Waals surface area (Å²) < 4.78 is 22.5. The lowest BCUT2D eigenvalue weighted by Gasteiger charge is -2.24. The van der Waals surface area contributed by atoms with E-state index in [1.807, 2.05) is 0 Å². The monoisotopic (exact) mass is 246 g/mol. The summed E-state index contributed by atoms with van der Waals surface area (Å²) in [6, 6.07) is 0.791. The van der Waals surface area contributed by atoms with E-state index in [0.29, 0.717) is 29.5 Å². The van der Waals surface area contributed by atoms with E-state index in [4.69, 9.17) is 5.73 Å². The van der Waals surface area contributed by atoms with Crippen LogP contribution in [0.15, 0.2) is 0 Å². The van der Waals surface area contributed by atoms with Crippen molar-refractivity contribution < 1.29 is 8.42 Å². The summed E-state index contributed by atoms with van der Waals surface area (Å²) in [5.74, 6) is 1.41. The van der Waals surface area contributed by atoms with Gasteiger partial charge in [0.25, 0.3) is 0 Å². The molecule has 1 aliphatic heterocycles. The van der Waals surface area contributed by atoms with Gasteiger partial charge in [-0.3, -0.25) is 0 Å². The second-order valence-corrected chi connectivity index (χ2v) is 7.58. The van der Waals surface area contributed by atoms with Gasteiger partial charge in [-0.05, 0) is 44.6 Å². The summed E-state index contributed by atoms with van der Waals surface area (Å²) in [5.41, 5.74) is 5.86. The molecule has 5 heteroatoms. The first-order valence-corrected chi connectivity index (χ1v) is 8.07. The maximum Gasteiger partial charge on any atom is 0.150 e. The molecule has 1 saturated carbocycles. The molecule has 1 aliphatic carbocycles. The number of nitrogens with two attached hydrogens (primary N) is 1. The Morgan fingerprint density at radius 1 is 1.12 bits per heavy atom. The van der Waals surface area contributed by atoms with Crippen molar-refractivity contribution in [2.45, 2.75) is 44.2 Å². The Morgan fingerprint density at radius 2 is 1.81 bits per heavy atom. The number of hydrogen-bond acceptors (Lipinski definition) is 4. The van der Waals surface area contributed by atoms with Gasteiger partial charge in [0, 0.05) is 12.1 Å². The van der Waals surface area contributed by atoms with Gasteiger partial charge in [0.2, 0.25) is 0 Å². The van der Waals surface area contributed by atoms with Gasteiger partial charge in [-0.15, -0.1) is 0 Å². The molecule has 2 fully saturated rings. The third kappa shape index (κ3) is 3.43. The third-order valence-corrected chi connectivity index (χ3v) is 5.55. The molecule has 0 aromatic heterocycles. The molecule has 2 aliphatic rings. The fraction of sp³-hybridized carbons (Fsp3) is 1.00. The molecule has 2 unspecified atom stereocenters. The van der Waals surface area contributed by atoms with Crippen LogP contribution in [0.2, 0.25) is 0 Å². The van der Waals surface area contributed by atoms with Crippen molar-refractivity contribution in [2.75, 3.05) is 18.1 Å². The predicted molar refractivity (Wildman–Crippen MR) is 65.0 cm³/mol. The van der Waals surface area contributed by atoms with E-state index in [-0.39, 0.29) is 0 Å². The van der Waals surface area contributed by atoms with Crippen LogP contribution >= 0.6 is 0 Å². The topological polar surface area (TPSA) is 72.2 Å². The van der Waals surface area contributed by atoms with Crippen molar-refractivity contribution in [3.63, 3.8) is 0 Å². The van der Waals surface area contributed by atoms with E-state index in [0.717, 1.165) is 32.2 Å². The van der Waals surface area contributed by atoms with Crippen molar-refractivity contribution >= 4 is 9.84 Å². The molecule has 4 nitrogen and oxygen atoms in total. The minimum atomic E-state index is -2.72. The van der Waals surface area contributed by atoms with Crippen LogP contribution < -0.4 is 11.1 Å². The van der Waals surface area contributed by atoms with Crippen LogP contribution in [0.4, 0.5) is 0 Å². The average Bonchev–Trinajstić information content (AvgIpc) is 2.63. The van der Waals surface area contributed by atoms with Crippen LogP contribution in [0.1, 0.15) is 32.1 Å². The first-order chi connectivity index (χ1) is 7.55. The Hall–Kier alpha value is -0.130. The summed E-state index contributed by atoms with van der Waals surface area (Å²) in [4.78, 5) is 0. The Bertz CT molecular complexity index is 315. The maximum atomic E-state index is 11.3. The van der Waals surface area contributed by atoms with Gasteiger partial charge < -0.3 is 11.1 Å². The molecule has 2 rings (SSSR count). The van der Waals surface area contributed by atoms with Crippen LogP contribution in [-0.2, 0) is 9.84 Å².